The smallest absolute Gasteiger partial charge is 0.176 e. The van der Waals surface area contributed by atoms with Gasteiger partial charge in [0.25, 0.3) is 0 Å². The standard InChI is InChI=1S/C26H25N3O/c1-17-8-7-10-19(14-17)22-23(24(30)25(2,3)4)29-20-11-6-5-9-18(20)12-13-21(29)26(22,15-27)16-28/h5-14,21-23H,1-4H3/t21-,22-,23+/m0/s1. The van der Waals surface area contributed by atoms with E-state index in [2.05, 4.69) is 12.1 Å². The molecule has 2 aromatic carbocycles. The predicted octanol–water partition coefficient (Wildman–Crippen LogP) is 5.01. The summed E-state index contributed by atoms with van der Waals surface area (Å²) in [4.78, 5) is 15.9. The molecule has 1 saturated heterocycles. The van der Waals surface area contributed by atoms with Crippen molar-refractivity contribution in [1.29, 1.82) is 10.5 Å². The molecule has 0 bridgehead atoms. The topological polar surface area (TPSA) is 67.9 Å². The van der Waals surface area contributed by atoms with Gasteiger partial charge in [0.15, 0.2) is 11.2 Å². The number of aryl methyl sites for hydroxylation is 1. The third-order valence-corrected chi connectivity index (χ3v) is 6.32. The molecule has 150 valence electrons. The molecule has 0 radical (unpaired) electrons. The number of hydrogen-bond donors (Lipinski definition) is 0. The largest absolute Gasteiger partial charge is 0.351 e. The molecule has 0 amide bonds. The van der Waals surface area contributed by atoms with Crippen LogP contribution in [-0.4, -0.2) is 17.9 Å². The van der Waals surface area contributed by atoms with Gasteiger partial charge in [-0.05, 0) is 24.1 Å². The molecule has 2 aliphatic rings. The molecule has 2 aliphatic heterocycles. The number of anilines is 1. The van der Waals surface area contributed by atoms with Gasteiger partial charge >= 0.3 is 0 Å². The number of nitrogens with zero attached hydrogens (tertiary/aromatic N) is 3. The third-order valence-electron chi connectivity index (χ3n) is 6.32. The number of ketones is 1. The van der Waals surface area contributed by atoms with Crippen LogP contribution in [0.4, 0.5) is 5.69 Å². The molecule has 0 aliphatic carbocycles. The van der Waals surface area contributed by atoms with Gasteiger partial charge in [-0.3, -0.25) is 4.79 Å². The zero-order chi connectivity index (χ0) is 21.7. The second-order valence-corrected chi connectivity index (χ2v) is 9.31. The number of carbonyl (C=O) groups excluding carboxylic acids is 1. The highest BCUT2D eigenvalue weighted by Crippen LogP contribution is 2.56. The Morgan fingerprint density at radius 2 is 1.77 bits per heavy atom. The lowest BCUT2D eigenvalue weighted by Crippen LogP contribution is -2.47. The normalized spacial score (nSPS) is 23.8. The maximum Gasteiger partial charge on any atom is 0.176 e. The van der Waals surface area contributed by atoms with Crippen molar-refractivity contribution in [2.24, 2.45) is 10.8 Å². The van der Waals surface area contributed by atoms with Crippen LogP contribution in [0.25, 0.3) is 6.08 Å². The van der Waals surface area contributed by atoms with Crippen LogP contribution >= 0.6 is 0 Å². The van der Waals surface area contributed by atoms with Crippen LogP contribution in [0, 0.1) is 40.4 Å². The first kappa shape index (κ1) is 19.9. The number of Topliss-reactive ketones (excluding diaryl/α,β-unsaturated/α-hetero) is 1. The van der Waals surface area contributed by atoms with Gasteiger partial charge in [-0.1, -0.05) is 81.0 Å². The van der Waals surface area contributed by atoms with Gasteiger partial charge in [0, 0.05) is 17.0 Å². The minimum Gasteiger partial charge on any atom is -0.351 e. The second kappa shape index (κ2) is 6.85. The molecule has 2 aromatic rings. The Hall–Kier alpha value is -3.37. The van der Waals surface area contributed by atoms with E-state index in [9.17, 15) is 15.3 Å². The first-order chi connectivity index (χ1) is 14.2. The molecular formula is C26H25N3O. The molecule has 3 atom stereocenters. The summed E-state index contributed by atoms with van der Waals surface area (Å²) in [5.41, 5.74) is 1.81. The van der Waals surface area contributed by atoms with Crippen LogP contribution in [0.15, 0.2) is 54.6 Å². The van der Waals surface area contributed by atoms with Crippen molar-refractivity contribution in [2.45, 2.75) is 45.7 Å². The summed E-state index contributed by atoms with van der Waals surface area (Å²) in [5, 5.41) is 20.7. The summed E-state index contributed by atoms with van der Waals surface area (Å²) < 4.78 is 0. The molecule has 30 heavy (non-hydrogen) atoms. The van der Waals surface area contributed by atoms with Crippen molar-refractivity contribution >= 4 is 17.5 Å². The highest BCUT2D eigenvalue weighted by molar-refractivity contribution is 5.96. The summed E-state index contributed by atoms with van der Waals surface area (Å²) in [6.07, 6.45) is 3.89. The number of carbonyl (C=O) groups is 1. The van der Waals surface area contributed by atoms with Gasteiger partial charge in [0.05, 0.1) is 24.2 Å². The Morgan fingerprint density at radius 1 is 1.07 bits per heavy atom. The molecule has 2 heterocycles. The summed E-state index contributed by atoms with van der Waals surface area (Å²) >= 11 is 0. The number of para-hydroxylation sites is 1. The number of fused-ring (bicyclic) bond motifs is 3. The molecule has 1 fully saturated rings. The van der Waals surface area contributed by atoms with Crippen LogP contribution in [0.5, 0.6) is 0 Å². The van der Waals surface area contributed by atoms with E-state index in [1.807, 2.05) is 93.3 Å². The summed E-state index contributed by atoms with van der Waals surface area (Å²) in [5.74, 6) is -0.517. The number of rotatable bonds is 2. The van der Waals surface area contributed by atoms with Gasteiger partial charge in [-0.2, -0.15) is 10.5 Å². The van der Waals surface area contributed by atoms with Crippen molar-refractivity contribution in [2.75, 3.05) is 4.90 Å². The molecular weight excluding hydrogens is 370 g/mol. The fourth-order valence-electron chi connectivity index (χ4n) is 4.92. The third kappa shape index (κ3) is 2.76. The van der Waals surface area contributed by atoms with Crippen molar-refractivity contribution in [1.82, 2.24) is 0 Å². The number of benzene rings is 2. The average molecular weight is 396 g/mol. The Bertz CT molecular complexity index is 1110. The number of nitriles is 2. The minimum absolute atomic E-state index is 0.0384. The maximum absolute atomic E-state index is 13.8. The van der Waals surface area contributed by atoms with E-state index in [0.29, 0.717) is 0 Å². The molecule has 4 heteroatoms. The van der Waals surface area contributed by atoms with Gasteiger partial charge in [0.2, 0.25) is 0 Å². The molecule has 0 spiro atoms. The van der Waals surface area contributed by atoms with Gasteiger partial charge in [-0.25, -0.2) is 0 Å². The van der Waals surface area contributed by atoms with E-state index in [1.54, 1.807) is 0 Å². The Balaban J connectivity index is 2.04. The zero-order valence-corrected chi connectivity index (χ0v) is 17.8. The molecule has 0 unspecified atom stereocenters. The lowest BCUT2D eigenvalue weighted by Gasteiger charge is -2.37. The summed E-state index contributed by atoms with van der Waals surface area (Å²) in [6, 6.07) is 19.4. The fraction of sp³-hybridized carbons (Fsp3) is 0.346. The van der Waals surface area contributed by atoms with Crippen molar-refractivity contribution in [3.05, 3.63) is 71.3 Å². The first-order valence-corrected chi connectivity index (χ1v) is 10.2. The predicted molar refractivity (Wildman–Crippen MR) is 118 cm³/mol. The molecule has 4 rings (SSSR count). The van der Waals surface area contributed by atoms with Crippen molar-refractivity contribution < 1.29 is 4.79 Å². The molecule has 0 aromatic heterocycles. The van der Waals surface area contributed by atoms with E-state index in [-0.39, 0.29) is 5.78 Å². The van der Waals surface area contributed by atoms with Crippen molar-refractivity contribution in [3.63, 3.8) is 0 Å². The van der Waals surface area contributed by atoms with Gasteiger partial charge < -0.3 is 4.90 Å². The molecule has 4 nitrogen and oxygen atoms in total. The van der Waals surface area contributed by atoms with Crippen LogP contribution < -0.4 is 4.90 Å². The van der Waals surface area contributed by atoms with Crippen LogP contribution in [0.1, 0.15) is 43.4 Å². The highest BCUT2D eigenvalue weighted by atomic mass is 16.1. The Morgan fingerprint density at radius 3 is 2.40 bits per heavy atom. The van der Waals surface area contributed by atoms with E-state index in [0.717, 1.165) is 22.4 Å². The summed E-state index contributed by atoms with van der Waals surface area (Å²) in [7, 11) is 0. The van der Waals surface area contributed by atoms with Crippen LogP contribution in [-0.2, 0) is 4.79 Å². The lowest BCUT2D eigenvalue weighted by molar-refractivity contribution is -0.127. The lowest BCUT2D eigenvalue weighted by atomic mass is 9.67. The monoisotopic (exact) mass is 395 g/mol. The first-order valence-electron chi connectivity index (χ1n) is 10.2. The van der Waals surface area contributed by atoms with Gasteiger partial charge in [0.1, 0.15) is 0 Å². The minimum atomic E-state index is -1.37. The summed E-state index contributed by atoms with van der Waals surface area (Å²) in [6.45, 7) is 7.70. The van der Waals surface area contributed by atoms with E-state index in [4.69, 9.17) is 0 Å². The van der Waals surface area contributed by atoms with Crippen LogP contribution in [0.3, 0.4) is 0 Å². The Kier molecular flexibility index (Phi) is 4.55. The average Bonchev–Trinajstić information content (AvgIpc) is 3.03. The second-order valence-electron chi connectivity index (χ2n) is 9.31. The van der Waals surface area contributed by atoms with Gasteiger partial charge in [-0.15, -0.1) is 0 Å². The SMILES string of the molecule is Cc1cccc([C@H]2[C@H](C(=O)C(C)(C)C)N3c4ccccc4C=C[C@H]3C2(C#N)C#N)c1. The van der Waals surface area contributed by atoms with E-state index >= 15 is 0 Å². The Labute approximate surface area is 178 Å². The number of hydrogen-bond acceptors (Lipinski definition) is 4. The molecule has 0 N–H and O–H groups in total. The quantitative estimate of drug-likeness (QED) is 0.717. The maximum atomic E-state index is 13.8. The van der Waals surface area contributed by atoms with Crippen molar-refractivity contribution in [3.8, 4) is 12.1 Å². The van der Waals surface area contributed by atoms with E-state index < -0.39 is 28.8 Å². The van der Waals surface area contributed by atoms with Crippen LogP contribution in [0.2, 0.25) is 0 Å². The fourth-order valence-corrected chi connectivity index (χ4v) is 4.92. The molecule has 0 saturated carbocycles. The van der Waals surface area contributed by atoms with E-state index in [1.165, 1.54) is 0 Å². The highest BCUT2D eigenvalue weighted by Gasteiger charge is 2.64. The zero-order valence-electron chi connectivity index (χ0n) is 17.8.